The van der Waals surface area contributed by atoms with Gasteiger partial charge in [0, 0.05) is 29.9 Å². The first kappa shape index (κ1) is 24.5. The van der Waals surface area contributed by atoms with Crippen LogP contribution >= 0.6 is 11.8 Å². The van der Waals surface area contributed by atoms with E-state index in [0.29, 0.717) is 18.1 Å². The van der Waals surface area contributed by atoms with E-state index in [-0.39, 0.29) is 22.6 Å². The number of hydrogen-bond acceptors (Lipinski definition) is 8. The Hall–Kier alpha value is -3.11. The van der Waals surface area contributed by atoms with Gasteiger partial charge in [-0.15, -0.1) is 0 Å². The number of nitrogens with zero attached hydrogens (tertiary/aromatic N) is 3. The Labute approximate surface area is 198 Å². The predicted molar refractivity (Wildman–Crippen MR) is 133 cm³/mol. The van der Waals surface area contributed by atoms with Crippen molar-refractivity contribution in [2.45, 2.75) is 38.7 Å². The van der Waals surface area contributed by atoms with Crippen LogP contribution in [0.1, 0.15) is 33.4 Å². The lowest BCUT2D eigenvalue weighted by atomic mass is 10.1. The molecule has 3 rings (SSSR count). The first-order valence-corrected chi connectivity index (χ1v) is 11.8. The number of carbonyl (C=O) groups is 1. The summed E-state index contributed by atoms with van der Waals surface area (Å²) in [6, 6.07) is 8.65. The lowest BCUT2D eigenvalue weighted by molar-refractivity contribution is 0.127. The van der Waals surface area contributed by atoms with Crippen LogP contribution in [0.3, 0.4) is 0 Å². The molecule has 0 radical (unpaired) electrons. The quantitative estimate of drug-likeness (QED) is 0.279. The summed E-state index contributed by atoms with van der Waals surface area (Å²) in [6.45, 7) is 9.14. The summed E-state index contributed by atoms with van der Waals surface area (Å²) in [5.74, 6) is 1.16. The van der Waals surface area contributed by atoms with Crippen molar-refractivity contribution in [1.82, 2.24) is 15.3 Å². The van der Waals surface area contributed by atoms with E-state index in [4.69, 9.17) is 20.1 Å². The number of anilines is 2. The van der Waals surface area contributed by atoms with Crippen LogP contribution in [0.4, 0.5) is 16.3 Å². The second-order valence-electron chi connectivity index (χ2n) is 8.17. The molecule has 33 heavy (non-hydrogen) atoms. The Morgan fingerprint density at radius 2 is 2.03 bits per heavy atom. The maximum absolute atomic E-state index is 12.1. The molecule has 1 aromatic carbocycles. The van der Waals surface area contributed by atoms with E-state index in [1.807, 2.05) is 25.1 Å². The highest BCUT2D eigenvalue weighted by atomic mass is 32.2. The molecular weight excluding hydrogens is 440 g/mol. The summed E-state index contributed by atoms with van der Waals surface area (Å²) in [4.78, 5) is 23.8. The zero-order chi connectivity index (χ0) is 24.2. The number of allylic oxidation sites excluding steroid dienone is 1. The van der Waals surface area contributed by atoms with Crippen LogP contribution < -0.4 is 15.5 Å². The minimum atomic E-state index is -0.574. The maximum Gasteiger partial charge on any atom is 0.324 e. The highest BCUT2D eigenvalue weighted by molar-refractivity contribution is 7.99. The molecule has 2 heterocycles. The van der Waals surface area contributed by atoms with Gasteiger partial charge in [0.2, 0.25) is 0 Å². The molecule has 176 valence electrons. The molecule has 1 saturated heterocycles. The number of thioether (sulfide) groups is 1. The van der Waals surface area contributed by atoms with Crippen molar-refractivity contribution in [3.63, 3.8) is 0 Å². The normalized spacial score (nSPS) is 16.6. The lowest BCUT2D eigenvalue weighted by Gasteiger charge is -2.26. The van der Waals surface area contributed by atoms with E-state index < -0.39 is 6.03 Å². The zero-order valence-electron chi connectivity index (χ0n) is 19.5. The molecule has 1 aliphatic heterocycles. The van der Waals surface area contributed by atoms with Gasteiger partial charge in [0.1, 0.15) is 17.9 Å². The number of urea groups is 1. The number of amides is 2. The summed E-state index contributed by atoms with van der Waals surface area (Å²) >= 11 is 1.72. The summed E-state index contributed by atoms with van der Waals surface area (Å²) in [5, 5.41) is 21.8. The monoisotopic (exact) mass is 470 g/mol. The number of aliphatic hydroxyl groups is 1. The number of hydrogen-bond donors (Lipinski definition) is 4. The fourth-order valence-corrected chi connectivity index (χ4v) is 3.56. The highest BCUT2D eigenvalue weighted by Gasteiger charge is 2.27. The minimum Gasteiger partial charge on any atom is -0.512 e. The van der Waals surface area contributed by atoms with Crippen molar-refractivity contribution >= 4 is 35.1 Å². The van der Waals surface area contributed by atoms with Gasteiger partial charge < -0.3 is 20.1 Å². The smallest absolute Gasteiger partial charge is 0.324 e. The number of amidine groups is 1. The number of benzene rings is 1. The molecule has 1 aromatic heterocycles. The van der Waals surface area contributed by atoms with Crippen LogP contribution in [0.15, 0.2) is 42.2 Å². The molecule has 0 bridgehead atoms. The van der Waals surface area contributed by atoms with Gasteiger partial charge in [-0.3, -0.25) is 10.7 Å². The van der Waals surface area contributed by atoms with Gasteiger partial charge in [-0.2, -0.15) is 11.8 Å². The number of aliphatic hydroxyl groups excluding tert-OH is 1. The van der Waals surface area contributed by atoms with Crippen LogP contribution in [0.5, 0.6) is 0 Å². The predicted octanol–water partition coefficient (Wildman–Crippen LogP) is 4.48. The Kier molecular flexibility index (Phi) is 7.60. The standard InChI is InChI=1S/C23H30N6O3S/c1-14(30)12-19(24)27-22(31)25-17-8-6-16(7-9-17)21-26-18(23(3,4)33-5)13-20(28-21)29-10-11-32-15(29)2/h6-9,12-13,15,30H,10-11H2,1-5H3,(H3,24,25,27,31)/b14-12-/t15-/m1/s1. The fourth-order valence-electron chi connectivity index (χ4n) is 3.25. The number of nitrogens with one attached hydrogen (secondary N) is 3. The molecule has 1 fully saturated rings. The topological polar surface area (TPSA) is 123 Å². The number of carbonyl (C=O) groups excluding carboxylic acids is 1. The van der Waals surface area contributed by atoms with Gasteiger partial charge in [0.25, 0.3) is 0 Å². The van der Waals surface area contributed by atoms with E-state index >= 15 is 0 Å². The lowest BCUT2D eigenvalue weighted by Crippen LogP contribution is -2.32. The number of rotatable bonds is 6. The summed E-state index contributed by atoms with van der Waals surface area (Å²) in [7, 11) is 0. The molecule has 2 amide bonds. The van der Waals surface area contributed by atoms with Crippen molar-refractivity contribution < 1.29 is 14.6 Å². The van der Waals surface area contributed by atoms with Gasteiger partial charge in [-0.05, 0) is 58.2 Å². The molecule has 0 saturated carbocycles. The molecule has 0 unspecified atom stereocenters. The molecule has 4 N–H and O–H groups in total. The third-order valence-electron chi connectivity index (χ3n) is 5.27. The third kappa shape index (κ3) is 6.23. The molecule has 1 atom stereocenters. The average molecular weight is 471 g/mol. The second kappa shape index (κ2) is 10.2. The maximum atomic E-state index is 12.1. The first-order valence-electron chi connectivity index (χ1n) is 10.6. The molecule has 9 nitrogen and oxygen atoms in total. The molecule has 2 aromatic rings. The Morgan fingerprint density at radius 3 is 2.61 bits per heavy atom. The van der Waals surface area contributed by atoms with E-state index in [2.05, 4.69) is 35.6 Å². The molecule has 0 aliphatic carbocycles. The Bertz CT molecular complexity index is 1050. The van der Waals surface area contributed by atoms with Crippen molar-refractivity contribution in [1.29, 1.82) is 5.41 Å². The highest BCUT2D eigenvalue weighted by Crippen LogP contribution is 2.35. The van der Waals surface area contributed by atoms with Gasteiger partial charge in [0.15, 0.2) is 5.82 Å². The second-order valence-corrected chi connectivity index (χ2v) is 9.60. The molecule has 10 heteroatoms. The first-order chi connectivity index (χ1) is 15.6. The number of ether oxygens (including phenoxy) is 1. The molecule has 0 spiro atoms. The number of aromatic nitrogens is 2. The Balaban J connectivity index is 1.85. The van der Waals surface area contributed by atoms with Crippen LogP contribution in [-0.4, -0.2) is 52.6 Å². The van der Waals surface area contributed by atoms with Crippen LogP contribution in [-0.2, 0) is 9.48 Å². The van der Waals surface area contributed by atoms with Gasteiger partial charge in [-0.1, -0.05) is 0 Å². The third-order valence-corrected chi connectivity index (χ3v) is 6.50. The van der Waals surface area contributed by atoms with E-state index in [0.717, 1.165) is 29.7 Å². The van der Waals surface area contributed by atoms with Gasteiger partial charge in [0.05, 0.1) is 22.8 Å². The van der Waals surface area contributed by atoms with Crippen molar-refractivity contribution in [3.05, 3.63) is 47.9 Å². The zero-order valence-corrected chi connectivity index (χ0v) is 20.3. The Morgan fingerprint density at radius 1 is 1.33 bits per heavy atom. The summed E-state index contributed by atoms with van der Waals surface area (Å²) in [6.07, 6.45) is 3.16. The van der Waals surface area contributed by atoms with Crippen LogP contribution in [0.25, 0.3) is 11.4 Å². The average Bonchev–Trinajstić information content (AvgIpc) is 3.19. The van der Waals surface area contributed by atoms with E-state index in [1.165, 1.54) is 6.92 Å². The van der Waals surface area contributed by atoms with Crippen LogP contribution in [0.2, 0.25) is 0 Å². The van der Waals surface area contributed by atoms with Crippen molar-refractivity contribution in [3.8, 4) is 11.4 Å². The van der Waals surface area contributed by atoms with Crippen molar-refractivity contribution in [2.75, 3.05) is 29.6 Å². The molecule has 1 aliphatic rings. The minimum absolute atomic E-state index is 0.0497. The van der Waals surface area contributed by atoms with Crippen LogP contribution in [0, 0.1) is 5.41 Å². The van der Waals surface area contributed by atoms with E-state index in [1.54, 1.807) is 23.9 Å². The van der Waals surface area contributed by atoms with Crippen molar-refractivity contribution in [2.24, 2.45) is 0 Å². The largest absolute Gasteiger partial charge is 0.512 e. The SMILES string of the molecule is CSC(C)(C)c1cc(N2CCO[C@@H]2C)nc(-c2ccc(NC(=O)NC(=N)/C=C(/C)O)cc2)n1. The summed E-state index contributed by atoms with van der Waals surface area (Å²) in [5.41, 5.74) is 2.30. The van der Waals surface area contributed by atoms with Gasteiger partial charge in [-0.25, -0.2) is 14.8 Å². The van der Waals surface area contributed by atoms with E-state index in [9.17, 15) is 9.90 Å². The molecular formula is C23H30N6O3S. The van der Waals surface area contributed by atoms with Gasteiger partial charge >= 0.3 is 6.03 Å². The summed E-state index contributed by atoms with van der Waals surface area (Å²) < 4.78 is 5.51. The fraction of sp³-hybridized carbons (Fsp3) is 0.391.